The maximum atomic E-state index is 13.4. The Kier molecular flexibility index (Phi) is 4.41. The van der Waals surface area contributed by atoms with Crippen LogP contribution in [-0.4, -0.2) is 71.2 Å². The summed E-state index contributed by atoms with van der Waals surface area (Å²) in [6.45, 7) is 2.94. The van der Waals surface area contributed by atoms with Gasteiger partial charge in [0.1, 0.15) is 5.82 Å². The van der Waals surface area contributed by atoms with Crippen molar-refractivity contribution in [1.29, 1.82) is 0 Å². The second-order valence-electron chi connectivity index (χ2n) is 7.39. The number of H-pyrrole nitrogens is 1. The molecule has 31 heavy (non-hydrogen) atoms. The van der Waals surface area contributed by atoms with Crippen molar-refractivity contribution in [2.24, 2.45) is 0 Å². The van der Waals surface area contributed by atoms with Crippen LogP contribution in [0.3, 0.4) is 0 Å². The largest absolute Gasteiger partial charge is 0.516 e. The number of alkyl halides is 3. The summed E-state index contributed by atoms with van der Waals surface area (Å²) >= 11 is 0. The topological polar surface area (TPSA) is 109 Å². The van der Waals surface area contributed by atoms with E-state index in [0.717, 1.165) is 0 Å². The summed E-state index contributed by atoms with van der Waals surface area (Å²) in [5.41, 5.74) is -4.75. The summed E-state index contributed by atoms with van der Waals surface area (Å²) in [5, 5.41) is 11.1. The molecular formula is C17H18F3N7O3S. The number of halogens is 3. The van der Waals surface area contributed by atoms with Crippen LogP contribution >= 0.6 is 0 Å². The van der Waals surface area contributed by atoms with Crippen LogP contribution in [0.4, 0.5) is 24.7 Å². The summed E-state index contributed by atoms with van der Waals surface area (Å²) in [7, 11) is -5.58. The van der Waals surface area contributed by atoms with Gasteiger partial charge in [0, 0.05) is 24.7 Å². The van der Waals surface area contributed by atoms with Crippen LogP contribution in [0.15, 0.2) is 18.5 Å². The molecule has 3 aromatic rings. The third-order valence-electron chi connectivity index (χ3n) is 5.52. The van der Waals surface area contributed by atoms with Gasteiger partial charge in [0.05, 0.1) is 42.7 Å². The summed E-state index contributed by atoms with van der Waals surface area (Å²) in [6.07, 6.45) is 2.95. The second kappa shape index (κ2) is 6.82. The zero-order valence-corrected chi connectivity index (χ0v) is 17.1. The molecule has 1 atom stereocenters. The molecular weight excluding hydrogens is 439 g/mol. The molecule has 0 unspecified atom stereocenters. The van der Waals surface area contributed by atoms with E-state index in [1.165, 1.54) is 17.1 Å². The molecule has 2 aliphatic heterocycles. The fourth-order valence-corrected chi connectivity index (χ4v) is 5.11. The molecule has 10 nitrogen and oxygen atoms in total. The number of sulfonamides is 1. The van der Waals surface area contributed by atoms with Crippen LogP contribution in [0.25, 0.3) is 16.9 Å². The van der Waals surface area contributed by atoms with Gasteiger partial charge in [-0.3, -0.25) is 9.40 Å². The minimum atomic E-state index is -5.58. The minimum Gasteiger partial charge on any atom is -0.377 e. The number of pyridine rings is 1. The van der Waals surface area contributed by atoms with Crippen molar-refractivity contribution in [1.82, 2.24) is 25.0 Å². The maximum Gasteiger partial charge on any atom is 0.516 e. The summed E-state index contributed by atoms with van der Waals surface area (Å²) in [5.74, 6) is 0.895. The zero-order valence-electron chi connectivity index (χ0n) is 16.3. The fraction of sp³-hybridized carbons (Fsp3) is 0.471. The molecule has 14 heteroatoms. The molecule has 5 heterocycles. The van der Waals surface area contributed by atoms with Crippen LogP contribution in [0.5, 0.6) is 0 Å². The van der Waals surface area contributed by atoms with E-state index in [1.807, 2.05) is 11.8 Å². The highest BCUT2D eigenvalue weighted by Crippen LogP contribution is 2.45. The molecule has 0 aliphatic carbocycles. The van der Waals surface area contributed by atoms with Gasteiger partial charge in [0.2, 0.25) is 0 Å². The third kappa shape index (κ3) is 2.96. The van der Waals surface area contributed by atoms with Crippen LogP contribution < -0.4 is 9.21 Å². The van der Waals surface area contributed by atoms with Crippen molar-refractivity contribution in [2.75, 3.05) is 35.5 Å². The Morgan fingerprint density at radius 1 is 1.29 bits per heavy atom. The average Bonchev–Trinajstić information content (AvgIpc) is 3.45. The molecule has 3 aromatic heterocycles. The predicted octanol–water partition coefficient (Wildman–Crippen LogP) is 1.58. The molecule has 5 rings (SSSR count). The third-order valence-corrected chi connectivity index (χ3v) is 7.05. The lowest BCUT2D eigenvalue weighted by Crippen LogP contribution is -2.44. The summed E-state index contributed by atoms with van der Waals surface area (Å²) in [6, 6.07) is 1.54. The van der Waals surface area contributed by atoms with Gasteiger partial charge in [0.25, 0.3) is 0 Å². The van der Waals surface area contributed by atoms with E-state index in [9.17, 15) is 21.6 Å². The first-order valence-electron chi connectivity index (χ1n) is 9.54. The number of hydrogen-bond acceptors (Lipinski definition) is 7. The highest BCUT2D eigenvalue weighted by Gasteiger charge is 2.52. The molecule has 1 saturated heterocycles. The molecule has 0 amide bonds. The number of morpholine rings is 1. The van der Waals surface area contributed by atoms with Gasteiger partial charge in [-0.2, -0.15) is 36.5 Å². The number of anilines is 2. The minimum absolute atomic E-state index is 0.0261. The van der Waals surface area contributed by atoms with E-state index in [1.54, 1.807) is 6.07 Å². The van der Waals surface area contributed by atoms with Gasteiger partial charge >= 0.3 is 15.5 Å². The maximum absolute atomic E-state index is 13.4. The quantitative estimate of drug-likeness (QED) is 0.636. The molecule has 0 radical (unpaired) electrons. The monoisotopic (exact) mass is 457 g/mol. The molecule has 2 aliphatic rings. The first-order chi connectivity index (χ1) is 14.7. The van der Waals surface area contributed by atoms with Crippen molar-refractivity contribution < 1.29 is 26.3 Å². The Morgan fingerprint density at radius 2 is 2.10 bits per heavy atom. The van der Waals surface area contributed by atoms with Gasteiger partial charge < -0.3 is 9.64 Å². The van der Waals surface area contributed by atoms with E-state index in [2.05, 4.69) is 15.3 Å². The summed E-state index contributed by atoms with van der Waals surface area (Å²) in [4.78, 5) is 6.68. The first-order valence-corrected chi connectivity index (χ1v) is 11.0. The number of fused-ring (bicyclic) bond motifs is 3. The van der Waals surface area contributed by atoms with Gasteiger partial charge in [-0.05, 0) is 13.3 Å². The Labute approximate surface area is 174 Å². The highest BCUT2D eigenvalue weighted by molar-refractivity contribution is 7.93. The highest BCUT2D eigenvalue weighted by atomic mass is 32.2. The Morgan fingerprint density at radius 3 is 2.77 bits per heavy atom. The zero-order chi connectivity index (χ0) is 22.0. The van der Waals surface area contributed by atoms with Crippen LogP contribution in [0, 0.1) is 0 Å². The van der Waals surface area contributed by atoms with Crippen molar-refractivity contribution >= 4 is 32.6 Å². The number of aromatic nitrogens is 5. The average molecular weight is 457 g/mol. The predicted molar refractivity (Wildman–Crippen MR) is 105 cm³/mol. The number of nitrogens with one attached hydrogen (secondary N) is 1. The molecule has 0 spiro atoms. The molecule has 1 fully saturated rings. The van der Waals surface area contributed by atoms with Crippen molar-refractivity contribution in [2.45, 2.75) is 24.9 Å². The second-order valence-corrected chi connectivity index (χ2v) is 9.24. The number of hydrogen-bond donors (Lipinski definition) is 1. The Bertz CT molecular complexity index is 1240. The van der Waals surface area contributed by atoms with Crippen molar-refractivity contribution in [3.8, 4) is 5.82 Å². The number of aromatic amines is 1. The fourth-order valence-electron chi connectivity index (χ4n) is 4.08. The van der Waals surface area contributed by atoms with E-state index < -0.39 is 15.5 Å². The van der Waals surface area contributed by atoms with Crippen LogP contribution in [0.2, 0.25) is 0 Å². The lowest BCUT2D eigenvalue weighted by Gasteiger charge is -2.35. The van der Waals surface area contributed by atoms with Gasteiger partial charge in [-0.25, -0.2) is 4.98 Å². The van der Waals surface area contributed by atoms with Crippen LogP contribution in [-0.2, 0) is 21.2 Å². The van der Waals surface area contributed by atoms with E-state index in [4.69, 9.17) is 9.72 Å². The number of nitrogens with zero attached hydrogens (tertiary/aromatic N) is 6. The summed E-state index contributed by atoms with van der Waals surface area (Å²) < 4.78 is 72.3. The Hall–Kier alpha value is -2.87. The molecule has 1 N–H and O–H groups in total. The lowest BCUT2D eigenvalue weighted by molar-refractivity contribution is -0.0437. The van der Waals surface area contributed by atoms with Crippen LogP contribution in [0.1, 0.15) is 12.5 Å². The van der Waals surface area contributed by atoms with Gasteiger partial charge in [-0.1, -0.05) is 0 Å². The van der Waals surface area contributed by atoms with E-state index >= 15 is 0 Å². The normalized spacial score (nSPS) is 19.9. The lowest BCUT2D eigenvalue weighted by atomic mass is 10.1. The SMILES string of the molecule is C[C@@H]1COCCN1c1nc2c(cnn2-c2ccn[nH]2)c2c1CCN2S(=O)(=O)C(F)(F)F. The van der Waals surface area contributed by atoms with E-state index in [0.29, 0.717) is 41.3 Å². The standard InChI is InChI=1S/C17H18F3N7O3S/c1-10-9-30-7-6-25(10)15-11-3-5-26(31(28,29)17(18,19)20)14(11)12-8-22-27(16(12)23-15)13-2-4-21-24-13/h2,4,8,10H,3,5-7,9H2,1H3,(H,21,24)/t10-/m1/s1. The molecule has 0 bridgehead atoms. The first kappa shape index (κ1) is 20.1. The van der Waals surface area contributed by atoms with Crippen molar-refractivity contribution in [3.63, 3.8) is 0 Å². The van der Waals surface area contributed by atoms with Gasteiger partial charge in [0.15, 0.2) is 11.5 Å². The smallest absolute Gasteiger partial charge is 0.377 e. The van der Waals surface area contributed by atoms with Crippen molar-refractivity contribution in [3.05, 3.63) is 24.0 Å². The number of rotatable bonds is 3. The molecule has 0 saturated carbocycles. The molecule has 0 aromatic carbocycles. The number of ether oxygens (including phenoxy) is 1. The molecule has 166 valence electrons. The van der Waals surface area contributed by atoms with E-state index in [-0.39, 0.29) is 35.7 Å². The van der Waals surface area contributed by atoms with Gasteiger partial charge in [-0.15, -0.1) is 0 Å². The Balaban J connectivity index is 1.78.